The van der Waals surface area contributed by atoms with Crippen molar-refractivity contribution in [3.8, 4) is 11.4 Å². The van der Waals surface area contributed by atoms with Gasteiger partial charge < -0.3 is 11.2 Å². The summed E-state index contributed by atoms with van der Waals surface area (Å²) in [4.78, 5) is 11.8. The van der Waals surface area contributed by atoms with Crippen molar-refractivity contribution in [3.05, 3.63) is 42.7 Å². The minimum Gasteiger partial charge on any atom is -0.352 e. The van der Waals surface area contributed by atoms with Gasteiger partial charge in [0.1, 0.15) is 5.82 Å². The number of nitrogens with zero attached hydrogens (tertiary/aromatic N) is 3. The fourth-order valence-electron chi connectivity index (χ4n) is 1.68. The van der Waals surface area contributed by atoms with Crippen molar-refractivity contribution in [1.82, 2.24) is 20.2 Å². The largest absolute Gasteiger partial charge is 0.352 e. The van der Waals surface area contributed by atoms with Gasteiger partial charge in [-0.15, -0.1) is 16.8 Å². The Bertz CT molecular complexity index is 670. The summed E-state index contributed by atoms with van der Waals surface area (Å²) >= 11 is 1.19. The van der Waals surface area contributed by atoms with Gasteiger partial charge in [0.05, 0.1) is 5.25 Å². The van der Waals surface area contributed by atoms with Gasteiger partial charge in [-0.05, 0) is 31.2 Å². The highest BCUT2D eigenvalue weighted by molar-refractivity contribution is 8.00. The van der Waals surface area contributed by atoms with Crippen LogP contribution in [0.15, 0.2) is 42.1 Å². The Morgan fingerprint density at radius 1 is 1.50 bits per heavy atom. The minimum atomic E-state index is -0.382. The van der Waals surface area contributed by atoms with Gasteiger partial charge in [0.25, 0.3) is 0 Å². The molecule has 0 saturated heterocycles. The van der Waals surface area contributed by atoms with Crippen LogP contribution in [0.25, 0.3) is 11.4 Å². The molecule has 0 aliphatic heterocycles. The quantitative estimate of drug-likeness (QED) is 0.479. The highest BCUT2D eigenvalue weighted by atomic mass is 32.2. The lowest BCUT2D eigenvalue weighted by molar-refractivity contribution is -0.120. The zero-order valence-electron chi connectivity index (χ0n) is 12.0. The van der Waals surface area contributed by atoms with Crippen molar-refractivity contribution in [3.63, 3.8) is 0 Å². The molecule has 6 nitrogen and oxygen atoms in total. The van der Waals surface area contributed by atoms with Crippen molar-refractivity contribution >= 4 is 17.7 Å². The third kappa shape index (κ3) is 3.64. The van der Waals surface area contributed by atoms with Gasteiger partial charge in [-0.1, -0.05) is 17.8 Å². The first-order valence-electron chi connectivity index (χ1n) is 6.54. The summed E-state index contributed by atoms with van der Waals surface area (Å²) in [6.07, 6.45) is 1.60. The number of carbonyl (C=O) groups is 1. The number of hydrogen-bond donors (Lipinski definition) is 2. The number of nitrogen functional groups attached to an aromatic ring is 1. The van der Waals surface area contributed by atoms with Crippen molar-refractivity contribution < 1.29 is 9.18 Å². The molecule has 0 bridgehead atoms. The Hall–Kier alpha value is -2.35. The fraction of sp³-hybridized carbons (Fsp3) is 0.214. The third-order valence-corrected chi connectivity index (χ3v) is 3.90. The predicted molar refractivity (Wildman–Crippen MR) is 84.1 cm³/mol. The summed E-state index contributed by atoms with van der Waals surface area (Å²) in [6.45, 7) is 5.69. The minimum absolute atomic E-state index is 0.142. The predicted octanol–water partition coefficient (Wildman–Crippen LogP) is 1.58. The molecule has 0 fully saturated rings. The van der Waals surface area contributed by atoms with E-state index < -0.39 is 0 Å². The Morgan fingerprint density at radius 3 is 2.82 bits per heavy atom. The number of benzene rings is 1. The smallest absolute Gasteiger partial charge is 0.233 e. The Balaban J connectivity index is 2.12. The van der Waals surface area contributed by atoms with Crippen LogP contribution in [-0.2, 0) is 4.79 Å². The van der Waals surface area contributed by atoms with Crippen LogP contribution in [0.1, 0.15) is 6.92 Å². The summed E-state index contributed by atoms with van der Waals surface area (Å²) < 4.78 is 14.2. The molecule has 1 heterocycles. The molecule has 8 heteroatoms. The molecule has 0 spiro atoms. The number of nitrogens with two attached hydrogens (primary N) is 1. The normalized spacial score (nSPS) is 11.9. The number of aromatic nitrogens is 3. The monoisotopic (exact) mass is 321 g/mol. The zero-order chi connectivity index (χ0) is 16.1. The van der Waals surface area contributed by atoms with E-state index in [2.05, 4.69) is 22.1 Å². The van der Waals surface area contributed by atoms with Crippen molar-refractivity contribution in [2.45, 2.75) is 17.3 Å². The molecule has 1 amide bonds. The van der Waals surface area contributed by atoms with Crippen LogP contribution in [-0.4, -0.2) is 32.6 Å². The number of nitrogens with one attached hydrogen (secondary N) is 1. The topological polar surface area (TPSA) is 85.8 Å². The van der Waals surface area contributed by atoms with Gasteiger partial charge >= 0.3 is 0 Å². The maximum absolute atomic E-state index is 12.9. The van der Waals surface area contributed by atoms with Crippen LogP contribution in [0.2, 0.25) is 0 Å². The van der Waals surface area contributed by atoms with E-state index in [1.54, 1.807) is 25.1 Å². The molecule has 0 unspecified atom stereocenters. The van der Waals surface area contributed by atoms with E-state index in [4.69, 9.17) is 5.84 Å². The first-order chi connectivity index (χ1) is 10.5. The van der Waals surface area contributed by atoms with Gasteiger partial charge in [-0.2, -0.15) is 0 Å². The molecule has 2 aromatic rings. The average Bonchev–Trinajstić information content (AvgIpc) is 2.86. The highest BCUT2D eigenvalue weighted by Crippen LogP contribution is 2.24. The van der Waals surface area contributed by atoms with Gasteiger partial charge in [-0.3, -0.25) is 4.79 Å². The van der Waals surface area contributed by atoms with E-state index in [1.165, 1.54) is 28.6 Å². The van der Waals surface area contributed by atoms with E-state index in [0.29, 0.717) is 23.1 Å². The molecule has 0 radical (unpaired) electrons. The first kappa shape index (κ1) is 16.0. The van der Waals surface area contributed by atoms with E-state index >= 15 is 0 Å². The van der Waals surface area contributed by atoms with E-state index in [0.717, 1.165) is 0 Å². The van der Waals surface area contributed by atoms with E-state index in [1.807, 2.05) is 0 Å². The number of thioether (sulfide) groups is 1. The Morgan fingerprint density at radius 2 is 2.18 bits per heavy atom. The second-order valence-electron chi connectivity index (χ2n) is 4.48. The van der Waals surface area contributed by atoms with Crippen molar-refractivity contribution in [2.75, 3.05) is 12.4 Å². The maximum atomic E-state index is 12.9. The van der Waals surface area contributed by atoms with Crippen molar-refractivity contribution in [1.29, 1.82) is 0 Å². The highest BCUT2D eigenvalue weighted by Gasteiger charge is 2.19. The zero-order valence-corrected chi connectivity index (χ0v) is 12.8. The summed E-state index contributed by atoms with van der Waals surface area (Å²) in [6, 6.07) is 5.78. The number of hydrogen-bond acceptors (Lipinski definition) is 5. The van der Waals surface area contributed by atoms with Crippen LogP contribution >= 0.6 is 11.8 Å². The second kappa shape index (κ2) is 7.08. The molecule has 1 atom stereocenters. The van der Waals surface area contributed by atoms with Crippen LogP contribution < -0.4 is 11.2 Å². The summed E-state index contributed by atoms with van der Waals surface area (Å²) in [5, 5.41) is 10.7. The molecule has 1 aromatic carbocycles. The summed E-state index contributed by atoms with van der Waals surface area (Å²) in [7, 11) is 0. The molecule has 0 aliphatic carbocycles. The Labute approximate surface area is 131 Å². The Kier molecular flexibility index (Phi) is 5.16. The second-order valence-corrected chi connectivity index (χ2v) is 5.78. The molecular formula is C14H16FN5OS. The lowest BCUT2D eigenvalue weighted by Crippen LogP contribution is -2.31. The molecule has 2 rings (SSSR count). The number of rotatable bonds is 6. The van der Waals surface area contributed by atoms with Gasteiger partial charge in [0.15, 0.2) is 5.82 Å². The number of halogens is 1. The number of carbonyl (C=O) groups excluding carboxylic acids is 1. The van der Waals surface area contributed by atoms with E-state index in [9.17, 15) is 9.18 Å². The average molecular weight is 321 g/mol. The lowest BCUT2D eigenvalue weighted by atomic mass is 10.2. The number of amides is 1. The standard InChI is InChI=1S/C14H16FN5OS/c1-3-8-17-13(21)9(2)22-14-19-18-12(20(14)16)10-4-6-11(15)7-5-10/h3-7,9H,1,8,16H2,2H3,(H,17,21)/t9-/m0/s1. The van der Waals surface area contributed by atoms with Gasteiger partial charge in [-0.25, -0.2) is 9.07 Å². The van der Waals surface area contributed by atoms with Gasteiger partial charge in [0, 0.05) is 12.1 Å². The SMILES string of the molecule is C=CCNC(=O)[C@H](C)Sc1nnc(-c2ccc(F)cc2)n1N. The van der Waals surface area contributed by atoms with Crippen LogP contribution in [0.3, 0.4) is 0 Å². The summed E-state index contributed by atoms with van der Waals surface area (Å²) in [5.41, 5.74) is 0.645. The van der Waals surface area contributed by atoms with E-state index in [-0.39, 0.29) is 17.0 Å². The maximum Gasteiger partial charge on any atom is 0.233 e. The van der Waals surface area contributed by atoms with Crippen LogP contribution in [0.5, 0.6) is 0 Å². The van der Waals surface area contributed by atoms with Crippen LogP contribution in [0, 0.1) is 5.82 Å². The molecular weight excluding hydrogens is 305 g/mol. The molecule has 116 valence electrons. The molecule has 0 aliphatic rings. The molecule has 0 saturated carbocycles. The van der Waals surface area contributed by atoms with Gasteiger partial charge in [0.2, 0.25) is 11.1 Å². The van der Waals surface area contributed by atoms with Crippen molar-refractivity contribution in [2.24, 2.45) is 0 Å². The van der Waals surface area contributed by atoms with Crippen LogP contribution in [0.4, 0.5) is 4.39 Å². The third-order valence-electron chi connectivity index (χ3n) is 2.84. The first-order valence-corrected chi connectivity index (χ1v) is 7.42. The summed E-state index contributed by atoms with van der Waals surface area (Å²) in [5.74, 6) is 5.87. The molecule has 1 aromatic heterocycles. The molecule has 3 N–H and O–H groups in total. The lowest BCUT2D eigenvalue weighted by Gasteiger charge is -2.10. The fourth-order valence-corrected chi connectivity index (χ4v) is 2.48. The molecule has 22 heavy (non-hydrogen) atoms.